The minimum absolute atomic E-state index is 0.344. The van der Waals surface area contributed by atoms with E-state index in [0.29, 0.717) is 18.2 Å². The lowest BCUT2D eigenvalue weighted by molar-refractivity contribution is -0.422. The topological polar surface area (TPSA) is 257 Å². The number of nitro benzene ring substituents is 5. The Labute approximate surface area is 160 Å². The van der Waals surface area contributed by atoms with Crippen molar-refractivity contribution >= 4 is 39.5 Å². The fourth-order valence-corrected chi connectivity index (χ4v) is 2.77. The van der Waals surface area contributed by atoms with Gasteiger partial charge in [-0.05, 0) is 0 Å². The van der Waals surface area contributed by atoms with Crippen molar-refractivity contribution in [3.8, 4) is 11.1 Å². The van der Waals surface area contributed by atoms with Crippen molar-refractivity contribution < 1.29 is 24.6 Å². The second-order valence-electron chi connectivity index (χ2n) is 5.46. The van der Waals surface area contributed by atoms with Crippen LogP contribution < -0.4 is 0 Å². The summed E-state index contributed by atoms with van der Waals surface area (Å²) in [7, 11) is 0. The predicted molar refractivity (Wildman–Crippen MR) is 92.6 cm³/mol. The molecule has 0 atom stereocenters. The number of nitrogens with zero attached hydrogens (tertiary/aromatic N) is 7. The first-order valence-corrected chi connectivity index (χ1v) is 7.32. The van der Waals surface area contributed by atoms with E-state index in [1.165, 1.54) is 0 Å². The summed E-state index contributed by atoms with van der Waals surface area (Å²) in [5.41, 5.74) is -8.96. The van der Waals surface area contributed by atoms with Crippen LogP contribution >= 0.6 is 0 Å². The standard InChI is InChI=1S/C12H4N8O10/c21-16(22)4-1-6(17(23)24)9(7(2-4)18(25)26)10-11-5(13-15-14-11)3-8(19(27)28)12(10)20(29)30/h1-3H,(H,13,14,15). The van der Waals surface area contributed by atoms with Gasteiger partial charge in [-0.1, -0.05) is 0 Å². The van der Waals surface area contributed by atoms with Gasteiger partial charge < -0.3 is 0 Å². The molecule has 18 heteroatoms. The zero-order valence-corrected chi connectivity index (χ0v) is 13.9. The normalized spacial score (nSPS) is 10.7. The Morgan fingerprint density at radius 1 is 0.633 bits per heavy atom. The summed E-state index contributed by atoms with van der Waals surface area (Å²) in [5, 5.41) is 66.1. The maximum Gasteiger partial charge on any atom is 0.356 e. The maximum atomic E-state index is 11.6. The molecule has 0 saturated heterocycles. The molecule has 3 aromatic rings. The summed E-state index contributed by atoms with van der Waals surface area (Å²) in [4.78, 5) is 51.0. The van der Waals surface area contributed by atoms with E-state index < -0.39 is 69.7 Å². The Kier molecular flexibility index (Phi) is 4.43. The van der Waals surface area contributed by atoms with Gasteiger partial charge in [0, 0.05) is 0 Å². The number of nitrogens with one attached hydrogen (secondary N) is 1. The van der Waals surface area contributed by atoms with Crippen molar-refractivity contribution in [1.29, 1.82) is 0 Å². The number of hydrogen-bond donors (Lipinski definition) is 1. The van der Waals surface area contributed by atoms with E-state index in [1.807, 2.05) is 5.21 Å². The second kappa shape index (κ2) is 6.78. The van der Waals surface area contributed by atoms with Gasteiger partial charge in [0.1, 0.15) is 22.2 Å². The highest BCUT2D eigenvalue weighted by Crippen LogP contribution is 2.49. The van der Waals surface area contributed by atoms with Crippen LogP contribution in [0.3, 0.4) is 0 Å². The molecule has 30 heavy (non-hydrogen) atoms. The minimum atomic E-state index is -1.33. The number of H-pyrrole nitrogens is 1. The number of fused-ring (bicyclic) bond motifs is 1. The molecular weight excluding hydrogens is 416 g/mol. The average Bonchev–Trinajstić information content (AvgIpc) is 3.13. The quantitative estimate of drug-likeness (QED) is 0.444. The molecule has 3 rings (SSSR count). The lowest BCUT2D eigenvalue weighted by Crippen LogP contribution is -2.05. The fourth-order valence-electron chi connectivity index (χ4n) is 2.77. The fraction of sp³-hybridized carbons (Fsp3) is 0. The first-order valence-electron chi connectivity index (χ1n) is 7.32. The summed E-state index contributed by atoms with van der Waals surface area (Å²) in [5.74, 6) is 0. The molecule has 0 aliphatic carbocycles. The highest BCUT2D eigenvalue weighted by atomic mass is 16.6. The Morgan fingerprint density at radius 2 is 1.17 bits per heavy atom. The Balaban J connectivity index is 2.66. The van der Waals surface area contributed by atoms with Crippen LogP contribution in [-0.4, -0.2) is 40.0 Å². The van der Waals surface area contributed by atoms with E-state index in [1.54, 1.807) is 0 Å². The Hall–Kier alpha value is -5.16. The van der Waals surface area contributed by atoms with Gasteiger partial charge in [0.25, 0.3) is 17.1 Å². The van der Waals surface area contributed by atoms with Gasteiger partial charge in [-0.2, -0.15) is 15.4 Å². The van der Waals surface area contributed by atoms with Crippen LogP contribution in [0.1, 0.15) is 0 Å². The number of nitro groups is 5. The number of aromatic amines is 1. The number of benzene rings is 2. The first-order chi connectivity index (χ1) is 14.0. The molecule has 0 aliphatic heterocycles. The van der Waals surface area contributed by atoms with Crippen LogP contribution in [0.25, 0.3) is 22.2 Å². The van der Waals surface area contributed by atoms with E-state index in [2.05, 4.69) is 10.2 Å². The molecule has 0 saturated carbocycles. The van der Waals surface area contributed by atoms with Crippen molar-refractivity contribution in [2.45, 2.75) is 0 Å². The van der Waals surface area contributed by atoms with Gasteiger partial charge in [-0.15, -0.1) is 0 Å². The van der Waals surface area contributed by atoms with Crippen LogP contribution in [0, 0.1) is 50.6 Å². The molecule has 0 amide bonds. The van der Waals surface area contributed by atoms with Crippen LogP contribution in [0.4, 0.5) is 28.4 Å². The van der Waals surface area contributed by atoms with E-state index in [-0.39, 0.29) is 5.52 Å². The molecule has 0 aliphatic rings. The molecule has 0 fully saturated rings. The Morgan fingerprint density at radius 3 is 1.60 bits per heavy atom. The highest BCUT2D eigenvalue weighted by Gasteiger charge is 2.41. The first kappa shape index (κ1) is 19.6. The number of rotatable bonds is 6. The summed E-state index contributed by atoms with van der Waals surface area (Å²) >= 11 is 0. The number of hydrogen-bond acceptors (Lipinski definition) is 12. The predicted octanol–water partition coefficient (Wildman–Crippen LogP) is 2.17. The summed E-state index contributed by atoms with van der Waals surface area (Å²) in [6.07, 6.45) is 0. The largest absolute Gasteiger partial charge is 0.356 e. The smallest absolute Gasteiger partial charge is 0.258 e. The summed E-state index contributed by atoms with van der Waals surface area (Å²) < 4.78 is 0. The number of non-ortho nitro benzene ring substituents is 1. The molecule has 152 valence electrons. The van der Waals surface area contributed by atoms with Crippen molar-refractivity contribution in [2.24, 2.45) is 0 Å². The van der Waals surface area contributed by atoms with E-state index in [9.17, 15) is 50.6 Å². The van der Waals surface area contributed by atoms with Gasteiger partial charge in [0.15, 0.2) is 0 Å². The van der Waals surface area contributed by atoms with Gasteiger partial charge in [-0.25, -0.2) is 0 Å². The van der Waals surface area contributed by atoms with E-state index in [0.717, 1.165) is 0 Å². The molecule has 1 aromatic heterocycles. The molecule has 1 N–H and O–H groups in total. The molecule has 0 radical (unpaired) electrons. The maximum absolute atomic E-state index is 11.6. The highest BCUT2D eigenvalue weighted by molar-refractivity contribution is 6.05. The molecular formula is C12H4N8O10. The molecule has 2 aromatic carbocycles. The Bertz CT molecular complexity index is 1260. The van der Waals surface area contributed by atoms with Gasteiger partial charge in [0.05, 0.1) is 42.8 Å². The summed E-state index contributed by atoms with van der Waals surface area (Å²) in [6.45, 7) is 0. The van der Waals surface area contributed by atoms with Crippen LogP contribution in [0.15, 0.2) is 18.2 Å². The third kappa shape index (κ3) is 2.94. The molecule has 0 unspecified atom stereocenters. The van der Waals surface area contributed by atoms with Crippen molar-refractivity contribution in [1.82, 2.24) is 15.4 Å². The lowest BCUT2D eigenvalue weighted by Gasteiger charge is -2.07. The molecule has 1 heterocycles. The third-order valence-electron chi connectivity index (χ3n) is 3.88. The van der Waals surface area contributed by atoms with Crippen molar-refractivity contribution in [3.63, 3.8) is 0 Å². The minimum Gasteiger partial charge on any atom is -0.258 e. The zero-order valence-electron chi connectivity index (χ0n) is 13.9. The van der Waals surface area contributed by atoms with Crippen LogP contribution in [-0.2, 0) is 0 Å². The van der Waals surface area contributed by atoms with E-state index in [4.69, 9.17) is 0 Å². The van der Waals surface area contributed by atoms with Gasteiger partial charge in [-0.3, -0.25) is 50.6 Å². The third-order valence-corrected chi connectivity index (χ3v) is 3.88. The van der Waals surface area contributed by atoms with Gasteiger partial charge in [0.2, 0.25) is 0 Å². The lowest BCUT2D eigenvalue weighted by atomic mass is 9.96. The van der Waals surface area contributed by atoms with Crippen LogP contribution in [0.5, 0.6) is 0 Å². The average molecular weight is 420 g/mol. The van der Waals surface area contributed by atoms with Gasteiger partial charge >= 0.3 is 11.4 Å². The SMILES string of the molecule is O=[N+]([O-])c1cc([N+](=O)[O-])c(-c2c([N+](=O)[O-])c([N+](=O)[O-])cc3n[nH]nc23)c([N+](=O)[O-])c1. The monoisotopic (exact) mass is 420 g/mol. The molecule has 18 nitrogen and oxygen atoms in total. The number of aromatic nitrogens is 3. The van der Waals surface area contributed by atoms with Crippen molar-refractivity contribution in [2.75, 3.05) is 0 Å². The summed E-state index contributed by atoms with van der Waals surface area (Å²) in [6, 6.07) is 1.34. The van der Waals surface area contributed by atoms with Crippen LogP contribution in [0.2, 0.25) is 0 Å². The molecule has 0 bridgehead atoms. The van der Waals surface area contributed by atoms with Crippen molar-refractivity contribution in [3.05, 3.63) is 68.8 Å². The second-order valence-corrected chi connectivity index (χ2v) is 5.46. The zero-order chi connectivity index (χ0) is 22.3. The van der Waals surface area contributed by atoms with E-state index >= 15 is 0 Å². The molecule has 0 spiro atoms.